The van der Waals surface area contributed by atoms with E-state index >= 15 is 0 Å². The van der Waals surface area contributed by atoms with Gasteiger partial charge in [0.25, 0.3) is 0 Å². The van der Waals surface area contributed by atoms with Crippen molar-refractivity contribution >= 4 is 5.97 Å². The van der Waals surface area contributed by atoms with E-state index in [1.54, 1.807) is 6.07 Å². The fraction of sp³-hybridized carbons (Fsp3) is 0.562. The zero-order chi connectivity index (χ0) is 16.9. The molecule has 0 aromatic heterocycles. The van der Waals surface area contributed by atoms with Crippen LogP contribution < -0.4 is 5.32 Å². The Balaban J connectivity index is 2.62. The molecule has 0 saturated heterocycles. The Morgan fingerprint density at radius 1 is 1.23 bits per heavy atom. The van der Waals surface area contributed by atoms with Crippen LogP contribution in [-0.4, -0.2) is 45.1 Å². The zero-order valence-electron chi connectivity index (χ0n) is 13.2. The number of aliphatic hydroxyl groups is 1. The smallest absolute Gasteiger partial charge is 0.321 e. The molecule has 1 aromatic rings. The van der Waals surface area contributed by atoms with Crippen molar-refractivity contribution in [3.8, 4) is 11.5 Å². The van der Waals surface area contributed by atoms with E-state index in [4.69, 9.17) is 0 Å². The number of nitrogens with one attached hydrogen (secondary N) is 1. The number of rotatable bonds is 7. The largest absolute Gasteiger partial charge is 0.504 e. The zero-order valence-corrected chi connectivity index (χ0v) is 13.2. The van der Waals surface area contributed by atoms with Crippen molar-refractivity contribution in [2.24, 2.45) is 5.41 Å². The van der Waals surface area contributed by atoms with Gasteiger partial charge in [-0.3, -0.25) is 4.79 Å². The molecule has 0 fully saturated rings. The molecule has 2 unspecified atom stereocenters. The standard InChI is InChI=1S/C16H25NO5/c1-16(2,3)8-11(18)9-17-12(15(21)22)6-10-4-5-13(19)14(20)7-10/h4-5,7,11-12,17-20H,6,8-9H2,1-3H3,(H,21,22). The second-order valence-electron chi connectivity index (χ2n) is 6.74. The van der Waals surface area contributed by atoms with E-state index in [1.165, 1.54) is 12.1 Å². The van der Waals surface area contributed by atoms with Crippen LogP contribution in [-0.2, 0) is 11.2 Å². The summed E-state index contributed by atoms with van der Waals surface area (Å²) in [4.78, 5) is 11.3. The van der Waals surface area contributed by atoms with Gasteiger partial charge in [-0.2, -0.15) is 0 Å². The highest BCUT2D eigenvalue weighted by molar-refractivity contribution is 5.74. The maximum atomic E-state index is 11.3. The lowest BCUT2D eigenvalue weighted by Gasteiger charge is -2.24. The number of aliphatic hydroxyl groups excluding tert-OH is 1. The minimum absolute atomic E-state index is 0.0391. The highest BCUT2D eigenvalue weighted by Crippen LogP contribution is 2.25. The van der Waals surface area contributed by atoms with Gasteiger partial charge in [-0.05, 0) is 36.0 Å². The first-order valence-corrected chi connectivity index (χ1v) is 7.23. The average Bonchev–Trinajstić information content (AvgIpc) is 2.36. The summed E-state index contributed by atoms with van der Waals surface area (Å²) in [5.41, 5.74) is 0.545. The molecule has 0 bridgehead atoms. The first kappa shape index (κ1) is 18.3. The highest BCUT2D eigenvalue weighted by atomic mass is 16.4. The predicted molar refractivity (Wildman–Crippen MR) is 83.0 cm³/mol. The summed E-state index contributed by atoms with van der Waals surface area (Å²) in [6.07, 6.45) is 0.0765. The van der Waals surface area contributed by atoms with E-state index in [0.29, 0.717) is 12.0 Å². The molecule has 0 heterocycles. The first-order valence-electron chi connectivity index (χ1n) is 7.23. The van der Waals surface area contributed by atoms with Crippen LogP contribution in [0.1, 0.15) is 32.8 Å². The lowest BCUT2D eigenvalue weighted by Crippen LogP contribution is -2.43. The Bertz CT molecular complexity index is 510. The summed E-state index contributed by atoms with van der Waals surface area (Å²) in [5, 5.41) is 40.7. The molecule has 5 N–H and O–H groups in total. The molecule has 0 spiro atoms. The van der Waals surface area contributed by atoms with Crippen LogP contribution in [0.15, 0.2) is 18.2 Å². The van der Waals surface area contributed by atoms with Crippen molar-refractivity contribution in [1.29, 1.82) is 0 Å². The molecule has 1 rings (SSSR count). The van der Waals surface area contributed by atoms with Gasteiger partial charge in [0.1, 0.15) is 6.04 Å². The van der Waals surface area contributed by atoms with Gasteiger partial charge in [0.2, 0.25) is 0 Å². The molecule has 0 radical (unpaired) electrons. The lowest BCUT2D eigenvalue weighted by molar-refractivity contribution is -0.139. The van der Waals surface area contributed by atoms with Crippen molar-refractivity contribution in [1.82, 2.24) is 5.32 Å². The fourth-order valence-electron chi connectivity index (χ4n) is 2.24. The van der Waals surface area contributed by atoms with Crippen molar-refractivity contribution in [2.75, 3.05) is 6.54 Å². The average molecular weight is 311 g/mol. The summed E-state index contributed by atoms with van der Waals surface area (Å²) in [6.45, 7) is 6.19. The molecule has 124 valence electrons. The number of aromatic hydroxyl groups is 2. The molecule has 0 aliphatic carbocycles. The Hall–Kier alpha value is -1.79. The van der Waals surface area contributed by atoms with Crippen LogP contribution in [0.5, 0.6) is 11.5 Å². The van der Waals surface area contributed by atoms with Gasteiger partial charge in [0.05, 0.1) is 6.10 Å². The van der Waals surface area contributed by atoms with E-state index in [9.17, 15) is 25.2 Å². The lowest BCUT2D eigenvalue weighted by atomic mass is 9.89. The number of carboxylic acid groups (broad SMARTS) is 1. The number of phenolic OH excluding ortho intramolecular Hbond substituents is 2. The van der Waals surface area contributed by atoms with E-state index in [0.717, 1.165) is 0 Å². The number of carbonyl (C=O) groups is 1. The van der Waals surface area contributed by atoms with Crippen molar-refractivity contribution in [3.63, 3.8) is 0 Å². The summed E-state index contributed by atoms with van der Waals surface area (Å²) >= 11 is 0. The maximum absolute atomic E-state index is 11.3. The van der Waals surface area contributed by atoms with Gasteiger partial charge < -0.3 is 25.7 Å². The second kappa shape index (κ2) is 7.47. The second-order valence-corrected chi connectivity index (χ2v) is 6.74. The molecule has 0 amide bonds. The third-order valence-corrected chi connectivity index (χ3v) is 3.23. The summed E-state index contributed by atoms with van der Waals surface area (Å²) in [5.74, 6) is -1.56. The summed E-state index contributed by atoms with van der Waals surface area (Å²) in [7, 11) is 0. The molecular weight excluding hydrogens is 286 g/mol. The number of carboxylic acids is 1. The summed E-state index contributed by atoms with van der Waals surface area (Å²) in [6, 6.07) is 3.33. The third kappa shape index (κ3) is 6.32. The van der Waals surface area contributed by atoms with Gasteiger partial charge in [-0.15, -0.1) is 0 Å². The number of hydrogen-bond donors (Lipinski definition) is 5. The Kier molecular flexibility index (Phi) is 6.20. The Labute approximate surface area is 130 Å². The SMILES string of the molecule is CC(C)(C)CC(O)CNC(Cc1ccc(O)c(O)c1)C(=O)O. The van der Waals surface area contributed by atoms with Crippen LogP contribution in [0.25, 0.3) is 0 Å². The van der Waals surface area contributed by atoms with Crippen LogP contribution in [0, 0.1) is 5.41 Å². The van der Waals surface area contributed by atoms with Gasteiger partial charge in [0.15, 0.2) is 11.5 Å². The molecule has 22 heavy (non-hydrogen) atoms. The van der Waals surface area contributed by atoms with E-state index < -0.39 is 18.1 Å². The quantitative estimate of drug-likeness (QED) is 0.488. The molecule has 6 nitrogen and oxygen atoms in total. The number of benzene rings is 1. The van der Waals surface area contributed by atoms with E-state index in [1.807, 2.05) is 20.8 Å². The number of phenols is 2. The maximum Gasteiger partial charge on any atom is 0.321 e. The van der Waals surface area contributed by atoms with Gasteiger partial charge in [-0.25, -0.2) is 0 Å². The minimum Gasteiger partial charge on any atom is -0.504 e. The number of hydrogen-bond acceptors (Lipinski definition) is 5. The van der Waals surface area contributed by atoms with Gasteiger partial charge >= 0.3 is 5.97 Å². The first-order chi connectivity index (χ1) is 10.1. The van der Waals surface area contributed by atoms with Crippen LogP contribution in [0.3, 0.4) is 0 Å². The topological polar surface area (TPSA) is 110 Å². The van der Waals surface area contributed by atoms with E-state index in [2.05, 4.69) is 5.32 Å². The number of aliphatic carboxylic acids is 1. The molecular formula is C16H25NO5. The Morgan fingerprint density at radius 2 is 1.86 bits per heavy atom. The molecule has 1 aromatic carbocycles. The minimum atomic E-state index is -1.03. The van der Waals surface area contributed by atoms with Crippen molar-refractivity contribution in [2.45, 2.75) is 45.8 Å². The molecule has 0 aliphatic heterocycles. The van der Waals surface area contributed by atoms with Gasteiger partial charge in [-0.1, -0.05) is 26.8 Å². The van der Waals surface area contributed by atoms with E-state index in [-0.39, 0.29) is 29.9 Å². The van der Waals surface area contributed by atoms with Gasteiger partial charge in [0, 0.05) is 6.54 Å². The molecule has 0 saturated carbocycles. The monoisotopic (exact) mass is 311 g/mol. The van der Waals surface area contributed by atoms with Crippen molar-refractivity contribution < 1.29 is 25.2 Å². The van der Waals surface area contributed by atoms with Crippen LogP contribution in [0.2, 0.25) is 0 Å². The predicted octanol–water partition coefficient (Wildman–Crippen LogP) is 1.48. The fourth-order valence-corrected chi connectivity index (χ4v) is 2.24. The Morgan fingerprint density at radius 3 is 2.36 bits per heavy atom. The summed E-state index contributed by atoms with van der Waals surface area (Å²) < 4.78 is 0. The highest BCUT2D eigenvalue weighted by Gasteiger charge is 2.21. The van der Waals surface area contributed by atoms with Crippen LogP contribution >= 0.6 is 0 Å². The molecule has 2 atom stereocenters. The van der Waals surface area contributed by atoms with Crippen LogP contribution in [0.4, 0.5) is 0 Å². The molecule has 0 aliphatic rings. The third-order valence-electron chi connectivity index (χ3n) is 3.23. The normalized spacial score (nSPS) is 14.5. The van der Waals surface area contributed by atoms with Crippen molar-refractivity contribution in [3.05, 3.63) is 23.8 Å². The molecule has 6 heteroatoms.